The third-order valence-corrected chi connectivity index (χ3v) is 6.63. The van der Waals surface area contributed by atoms with E-state index < -0.39 is 0 Å². The second-order valence-electron chi connectivity index (χ2n) is 6.88. The predicted octanol–water partition coefficient (Wildman–Crippen LogP) is 3.26. The maximum absolute atomic E-state index is 12.1. The first-order valence-electron chi connectivity index (χ1n) is 9.00. The molecule has 142 valence electrons. The van der Waals surface area contributed by atoms with E-state index >= 15 is 0 Å². The fourth-order valence-corrected chi connectivity index (χ4v) is 5.18. The number of benzene rings is 2. The minimum atomic E-state index is -0.0863. The number of nitrogens with one attached hydrogen (secondary N) is 3. The molecule has 0 aliphatic carbocycles. The Kier molecular flexibility index (Phi) is 5.59. The first-order chi connectivity index (χ1) is 13.1. The summed E-state index contributed by atoms with van der Waals surface area (Å²) >= 11 is 7.63. The minimum Gasteiger partial charge on any atom is -0.489 e. The van der Waals surface area contributed by atoms with Gasteiger partial charge in [-0.25, -0.2) is 5.43 Å². The fraction of sp³-hybridized carbons (Fsp3) is 0.350. The van der Waals surface area contributed by atoms with Crippen molar-refractivity contribution >= 4 is 29.3 Å². The summed E-state index contributed by atoms with van der Waals surface area (Å²) in [4.78, 5) is 12.1. The number of para-hydroxylation sites is 1. The smallest absolute Gasteiger partial charge is 0.231 e. The molecule has 0 saturated carbocycles. The van der Waals surface area contributed by atoms with E-state index in [1.807, 2.05) is 42.5 Å². The maximum atomic E-state index is 12.1. The standard InChI is InChI=1S/C20H22ClN3O2S/c1-12-18-19(27-11-17(25)22-20(18)24-23-12)15-4-2-3-5-16(15)26-10-13-6-8-14(21)9-7-13/h2-9,12,18-20,23-24H,10-11H2,1H3,(H,22,25). The van der Waals surface area contributed by atoms with E-state index in [1.165, 1.54) is 0 Å². The Balaban J connectivity index is 1.59. The molecule has 2 aliphatic heterocycles. The molecule has 4 rings (SSSR count). The summed E-state index contributed by atoms with van der Waals surface area (Å²) < 4.78 is 6.17. The Morgan fingerprint density at radius 2 is 1.93 bits per heavy atom. The van der Waals surface area contributed by atoms with Crippen molar-refractivity contribution in [3.05, 3.63) is 64.7 Å². The highest BCUT2D eigenvalue weighted by molar-refractivity contribution is 8.00. The molecule has 4 atom stereocenters. The van der Waals surface area contributed by atoms with Gasteiger partial charge in [-0.05, 0) is 30.7 Å². The van der Waals surface area contributed by atoms with Gasteiger partial charge in [-0.2, -0.15) is 0 Å². The van der Waals surface area contributed by atoms with Crippen LogP contribution in [0, 0.1) is 5.92 Å². The zero-order valence-corrected chi connectivity index (χ0v) is 16.5. The zero-order chi connectivity index (χ0) is 18.8. The van der Waals surface area contributed by atoms with E-state index in [1.54, 1.807) is 11.8 Å². The summed E-state index contributed by atoms with van der Waals surface area (Å²) in [5.41, 5.74) is 8.66. The van der Waals surface area contributed by atoms with Crippen LogP contribution in [0.2, 0.25) is 5.02 Å². The molecule has 0 bridgehead atoms. The second kappa shape index (κ2) is 8.10. The quantitative estimate of drug-likeness (QED) is 0.731. The first-order valence-corrected chi connectivity index (χ1v) is 10.4. The van der Waals surface area contributed by atoms with E-state index in [-0.39, 0.29) is 29.3 Å². The molecule has 1 amide bonds. The van der Waals surface area contributed by atoms with Gasteiger partial charge in [0.15, 0.2) is 0 Å². The first kappa shape index (κ1) is 18.6. The van der Waals surface area contributed by atoms with Crippen LogP contribution in [0.5, 0.6) is 5.75 Å². The van der Waals surface area contributed by atoms with Gasteiger partial charge in [-0.3, -0.25) is 10.2 Å². The molecule has 2 saturated heterocycles. The van der Waals surface area contributed by atoms with E-state index in [4.69, 9.17) is 16.3 Å². The summed E-state index contributed by atoms with van der Waals surface area (Å²) in [6.07, 6.45) is -0.0863. The lowest BCUT2D eigenvalue weighted by Gasteiger charge is -2.28. The molecule has 0 spiro atoms. The molecule has 2 fully saturated rings. The zero-order valence-electron chi connectivity index (χ0n) is 14.9. The Morgan fingerprint density at radius 1 is 1.15 bits per heavy atom. The molecule has 0 radical (unpaired) electrons. The highest BCUT2D eigenvalue weighted by atomic mass is 35.5. The van der Waals surface area contributed by atoms with Crippen molar-refractivity contribution in [2.75, 3.05) is 5.75 Å². The van der Waals surface area contributed by atoms with Crippen LogP contribution in [-0.2, 0) is 11.4 Å². The van der Waals surface area contributed by atoms with Crippen molar-refractivity contribution < 1.29 is 9.53 Å². The Labute approximate surface area is 168 Å². The van der Waals surface area contributed by atoms with Crippen LogP contribution in [0.1, 0.15) is 23.3 Å². The molecule has 2 aliphatic rings. The summed E-state index contributed by atoms with van der Waals surface area (Å²) in [6, 6.07) is 16.0. The highest BCUT2D eigenvalue weighted by Crippen LogP contribution is 2.45. The predicted molar refractivity (Wildman–Crippen MR) is 109 cm³/mol. The molecule has 7 heteroatoms. The Bertz CT molecular complexity index is 817. The highest BCUT2D eigenvalue weighted by Gasteiger charge is 2.43. The van der Waals surface area contributed by atoms with Gasteiger partial charge >= 0.3 is 0 Å². The molecular weight excluding hydrogens is 382 g/mol. The van der Waals surface area contributed by atoms with Crippen LogP contribution in [0.3, 0.4) is 0 Å². The summed E-state index contributed by atoms with van der Waals surface area (Å²) in [7, 11) is 0. The third-order valence-electron chi connectivity index (χ3n) is 5.02. The van der Waals surface area contributed by atoms with Gasteiger partial charge in [-0.15, -0.1) is 11.8 Å². The average Bonchev–Trinajstić information content (AvgIpc) is 2.93. The van der Waals surface area contributed by atoms with Gasteiger partial charge in [0.1, 0.15) is 12.4 Å². The number of hydrogen-bond acceptors (Lipinski definition) is 5. The summed E-state index contributed by atoms with van der Waals surface area (Å²) in [6.45, 7) is 2.61. The molecule has 4 unspecified atom stereocenters. The average molecular weight is 404 g/mol. The van der Waals surface area contributed by atoms with Gasteiger partial charge in [0.25, 0.3) is 0 Å². The van der Waals surface area contributed by atoms with Gasteiger partial charge in [0.2, 0.25) is 5.91 Å². The summed E-state index contributed by atoms with van der Waals surface area (Å²) in [5, 5.41) is 3.93. The second-order valence-corrected chi connectivity index (χ2v) is 8.45. The molecule has 27 heavy (non-hydrogen) atoms. The lowest BCUT2D eigenvalue weighted by molar-refractivity contribution is -0.119. The van der Waals surface area contributed by atoms with Crippen LogP contribution in [0.15, 0.2) is 48.5 Å². The molecule has 2 heterocycles. The number of halogens is 1. The van der Waals surface area contributed by atoms with Crippen molar-refractivity contribution in [2.45, 2.75) is 31.0 Å². The molecule has 2 aromatic carbocycles. The van der Waals surface area contributed by atoms with Crippen LogP contribution >= 0.6 is 23.4 Å². The third kappa shape index (κ3) is 4.09. The largest absolute Gasteiger partial charge is 0.489 e. The summed E-state index contributed by atoms with van der Waals surface area (Å²) in [5.74, 6) is 1.58. The van der Waals surface area contributed by atoms with Crippen molar-refractivity contribution in [3.63, 3.8) is 0 Å². The maximum Gasteiger partial charge on any atom is 0.231 e. The van der Waals surface area contributed by atoms with Crippen molar-refractivity contribution in [3.8, 4) is 5.75 Å². The van der Waals surface area contributed by atoms with Gasteiger partial charge in [0, 0.05) is 27.8 Å². The number of carbonyl (C=O) groups is 1. The van der Waals surface area contributed by atoms with Crippen molar-refractivity contribution in [2.24, 2.45) is 5.92 Å². The fourth-order valence-electron chi connectivity index (χ4n) is 3.65. The van der Waals surface area contributed by atoms with E-state index in [0.717, 1.165) is 16.9 Å². The number of fused-ring (bicyclic) bond motifs is 1. The Morgan fingerprint density at radius 3 is 2.74 bits per heavy atom. The van der Waals surface area contributed by atoms with Gasteiger partial charge in [-0.1, -0.05) is 41.9 Å². The number of ether oxygens (including phenoxy) is 1. The number of rotatable bonds is 4. The molecule has 5 nitrogen and oxygen atoms in total. The number of hydrogen-bond donors (Lipinski definition) is 3. The normalized spacial score (nSPS) is 27.6. The Hall–Kier alpha value is -1.73. The molecule has 0 aromatic heterocycles. The van der Waals surface area contributed by atoms with Crippen LogP contribution in [0.4, 0.5) is 0 Å². The van der Waals surface area contributed by atoms with Crippen LogP contribution < -0.4 is 20.9 Å². The minimum absolute atomic E-state index is 0.0560. The van der Waals surface area contributed by atoms with Crippen LogP contribution in [-0.4, -0.2) is 23.9 Å². The molecule has 2 aromatic rings. The number of amides is 1. The number of carbonyl (C=O) groups excluding carboxylic acids is 1. The van der Waals surface area contributed by atoms with Gasteiger partial charge < -0.3 is 10.1 Å². The monoisotopic (exact) mass is 403 g/mol. The number of hydrazine groups is 1. The van der Waals surface area contributed by atoms with E-state index in [0.29, 0.717) is 17.4 Å². The van der Waals surface area contributed by atoms with Gasteiger partial charge in [0.05, 0.1) is 11.9 Å². The van der Waals surface area contributed by atoms with E-state index in [2.05, 4.69) is 29.2 Å². The SMILES string of the molecule is CC1NNC2NC(=O)CSC(c3ccccc3OCc3ccc(Cl)cc3)C12. The van der Waals surface area contributed by atoms with Crippen molar-refractivity contribution in [1.29, 1.82) is 0 Å². The van der Waals surface area contributed by atoms with Crippen molar-refractivity contribution in [1.82, 2.24) is 16.2 Å². The number of thioether (sulfide) groups is 1. The lowest BCUT2D eigenvalue weighted by atomic mass is 9.91. The molecular formula is C20H22ClN3O2S. The van der Waals surface area contributed by atoms with Crippen LogP contribution in [0.25, 0.3) is 0 Å². The van der Waals surface area contributed by atoms with E-state index in [9.17, 15) is 4.79 Å². The molecule has 3 N–H and O–H groups in total. The topological polar surface area (TPSA) is 62.4 Å². The lowest BCUT2D eigenvalue weighted by Crippen LogP contribution is -2.46.